The van der Waals surface area contributed by atoms with Gasteiger partial charge in [-0.25, -0.2) is 0 Å². The highest BCUT2D eigenvalue weighted by Gasteiger charge is 2.28. The van der Waals surface area contributed by atoms with Crippen molar-refractivity contribution < 1.29 is 19.1 Å². The second-order valence-corrected chi connectivity index (χ2v) is 6.26. The predicted octanol–water partition coefficient (Wildman–Crippen LogP) is 3.37. The number of rotatable bonds is 7. The van der Waals surface area contributed by atoms with Crippen molar-refractivity contribution in [2.24, 2.45) is 0 Å². The lowest BCUT2D eigenvalue weighted by atomic mass is 10.1. The molecule has 1 aromatic carbocycles. The molecule has 0 amide bonds. The van der Waals surface area contributed by atoms with Crippen LogP contribution in [0, 0.1) is 4.91 Å². The summed E-state index contributed by atoms with van der Waals surface area (Å²) >= 11 is 0. The summed E-state index contributed by atoms with van der Waals surface area (Å²) < 4.78 is 13.6. The van der Waals surface area contributed by atoms with Crippen molar-refractivity contribution >= 4 is 0 Å². The third kappa shape index (κ3) is 3.48. The molecule has 0 fully saturated rings. The lowest BCUT2D eigenvalue weighted by Crippen LogP contribution is -2.25. The summed E-state index contributed by atoms with van der Waals surface area (Å²) in [6, 6.07) is 5.50. The minimum absolute atomic E-state index is 0.457. The molecule has 1 aliphatic carbocycles. The van der Waals surface area contributed by atoms with Crippen molar-refractivity contribution in [1.29, 1.82) is 0 Å². The van der Waals surface area contributed by atoms with Gasteiger partial charge in [-0.15, -0.1) is 0 Å². The van der Waals surface area contributed by atoms with E-state index in [0.29, 0.717) is 54.6 Å². The van der Waals surface area contributed by atoms with Gasteiger partial charge in [0.25, 0.3) is 11.9 Å². The molecule has 1 aliphatic rings. The zero-order valence-electron chi connectivity index (χ0n) is 14.8. The van der Waals surface area contributed by atoms with Gasteiger partial charge in [0.15, 0.2) is 17.2 Å². The highest BCUT2D eigenvalue weighted by Crippen LogP contribution is 2.33. The molecule has 3 rings (SSSR count). The van der Waals surface area contributed by atoms with Gasteiger partial charge in [0, 0.05) is 16.9 Å². The molecule has 0 saturated heterocycles. The van der Waals surface area contributed by atoms with Gasteiger partial charge < -0.3 is 14.7 Å². The fraction of sp³-hybridized carbons (Fsp3) is 0.474. The van der Waals surface area contributed by atoms with Gasteiger partial charge in [-0.2, -0.15) is 4.73 Å². The standard InChI is InChI=1S/C19H25N2O4/c1-3-10-24-18-9-8-14(12-19(18)25-11-4-2)17-13-20(22)15-6-5-7-16(15)21(17)23/h8-9,12-13,23H,3-7,10-11H2,1-2H3/q+1. The highest BCUT2D eigenvalue weighted by molar-refractivity contribution is 5.63. The van der Waals surface area contributed by atoms with E-state index in [2.05, 4.69) is 0 Å². The maximum absolute atomic E-state index is 12.3. The van der Waals surface area contributed by atoms with E-state index < -0.39 is 0 Å². The van der Waals surface area contributed by atoms with E-state index >= 15 is 0 Å². The van der Waals surface area contributed by atoms with Crippen molar-refractivity contribution in [3.8, 4) is 22.8 Å². The van der Waals surface area contributed by atoms with Crippen LogP contribution in [0.4, 0.5) is 0 Å². The van der Waals surface area contributed by atoms with Crippen LogP contribution in [0.5, 0.6) is 11.5 Å². The lowest BCUT2D eigenvalue weighted by Gasteiger charge is -2.14. The number of ether oxygens (including phenoxy) is 2. The Labute approximate surface area is 147 Å². The van der Waals surface area contributed by atoms with E-state index in [1.807, 2.05) is 32.0 Å². The van der Waals surface area contributed by atoms with E-state index in [1.54, 1.807) is 0 Å². The second kappa shape index (κ2) is 7.59. The molecule has 6 nitrogen and oxygen atoms in total. The molecule has 0 radical (unpaired) electrons. The largest absolute Gasteiger partial charge is 0.490 e. The van der Waals surface area contributed by atoms with Crippen molar-refractivity contribution in [2.45, 2.75) is 46.0 Å². The van der Waals surface area contributed by atoms with Crippen LogP contribution in [0.15, 0.2) is 24.4 Å². The fourth-order valence-electron chi connectivity index (χ4n) is 3.09. The van der Waals surface area contributed by atoms with Crippen LogP contribution in [0.2, 0.25) is 0 Å². The molecule has 6 heteroatoms. The monoisotopic (exact) mass is 345 g/mol. The molecule has 2 aromatic rings. The summed E-state index contributed by atoms with van der Waals surface area (Å²) in [4.78, 5) is 12.3. The SMILES string of the molecule is CCCOc1ccc(-c2c[n+](=O)c3c(n2O)CCC3)cc1OCCC. The maximum Gasteiger partial charge on any atom is 0.262 e. The van der Waals surface area contributed by atoms with Crippen molar-refractivity contribution in [1.82, 2.24) is 4.73 Å². The normalized spacial score (nSPS) is 12.9. The Morgan fingerprint density at radius 2 is 1.84 bits per heavy atom. The van der Waals surface area contributed by atoms with Crippen LogP contribution in [0.3, 0.4) is 0 Å². The van der Waals surface area contributed by atoms with E-state index in [4.69, 9.17) is 9.47 Å². The van der Waals surface area contributed by atoms with Crippen molar-refractivity contribution in [3.63, 3.8) is 0 Å². The van der Waals surface area contributed by atoms with Crippen LogP contribution < -0.4 is 13.9 Å². The Bertz CT molecular complexity index is 814. The van der Waals surface area contributed by atoms with Gasteiger partial charge in [-0.05, 0) is 43.9 Å². The number of hydrogen-bond acceptors (Lipinski definition) is 4. The summed E-state index contributed by atoms with van der Waals surface area (Å²) in [5.41, 5.74) is 2.52. The number of hydrogen-bond donors (Lipinski definition) is 1. The predicted molar refractivity (Wildman–Crippen MR) is 94.0 cm³/mol. The summed E-state index contributed by atoms with van der Waals surface area (Å²) in [6.07, 6.45) is 5.52. The van der Waals surface area contributed by atoms with E-state index in [1.165, 1.54) is 6.20 Å². The van der Waals surface area contributed by atoms with Gasteiger partial charge in [-0.1, -0.05) is 13.8 Å². The highest BCUT2D eigenvalue weighted by atomic mass is 16.5. The number of aromatic nitrogens is 2. The number of fused-ring (bicyclic) bond motifs is 1. The Morgan fingerprint density at radius 3 is 2.56 bits per heavy atom. The molecule has 0 saturated carbocycles. The third-order valence-electron chi connectivity index (χ3n) is 4.31. The quantitative estimate of drug-likeness (QED) is 0.617. The average Bonchev–Trinajstić information content (AvgIpc) is 3.12. The van der Waals surface area contributed by atoms with Crippen molar-refractivity contribution in [3.05, 3.63) is 40.7 Å². The molecule has 134 valence electrons. The van der Waals surface area contributed by atoms with Crippen LogP contribution in [-0.2, 0) is 12.8 Å². The zero-order valence-corrected chi connectivity index (χ0v) is 14.8. The third-order valence-corrected chi connectivity index (χ3v) is 4.31. The molecule has 0 unspecified atom stereocenters. The summed E-state index contributed by atoms with van der Waals surface area (Å²) in [7, 11) is 0. The minimum atomic E-state index is 0.457. The first-order valence-corrected chi connectivity index (χ1v) is 8.95. The Balaban J connectivity index is 2.03. The molecular weight excluding hydrogens is 320 g/mol. The number of benzene rings is 1. The van der Waals surface area contributed by atoms with Gasteiger partial charge in [0.2, 0.25) is 0 Å². The van der Waals surface area contributed by atoms with Crippen LogP contribution in [0.25, 0.3) is 11.3 Å². The molecule has 0 aliphatic heterocycles. The second-order valence-electron chi connectivity index (χ2n) is 6.26. The molecule has 0 atom stereocenters. The molecule has 1 heterocycles. The van der Waals surface area contributed by atoms with Gasteiger partial charge in [-0.3, -0.25) is 0 Å². The maximum atomic E-state index is 12.3. The fourth-order valence-corrected chi connectivity index (χ4v) is 3.09. The van der Waals surface area contributed by atoms with Gasteiger partial charge >= 0.3 is 0 Å². The molecule has 1 N–H and O–H groups in total. The lowest BCUT2D eigenvalue weighted by molar-refractivity contribution is -0.505. The average molecular weight is 345 g/mol. The van der Waals surface area contributed by atoms with Crippen LogP contribution in [-0.4, -0.2) is 23.2 Å². The zero-order chi connectivity index (χ0) is 17.8. The topological polar surface area (TPSA) is 66.6 Å². The molecule has 1 aromatic heterocycles. The van der Waals surface area contributed by atoms with E-state index in [9.17, 15) is 10.1 Å². The molecule has 0 bridgehead atoms. The Kier molecular flexibility index (Phi) is 5.26. The van der Waals surface area contributed by atoms with E-state index in [-0.39, 0.29) is 0 Å². The molecular formula is C19H25N2O4+. The van der Waals surface area contributed by atoms with E-state index in [0.717, 1.165) is 34.0 Å². The van der Waals surface area contributed by atoms with Crippen LogP contribution in [0.1, 0.15) is 44.5 Å². The van der Waals surface area contributed by atoms with Gasteiger partial charge in [0.05, 0.1) is 17.6 Å². The van der Waals surface area contributed by atoms with Crippen LogP contribution >= 0.6 is 0 Å². The minimum Gasteiger partial charge on any atom is -0.490 e. The Morgan fingerprint density at radius 1 is 1.12 bits per heavy atom. The molecule has 0 spiro atoms. The Hall–Kier alpha value is -2.50. The first kappa shape index (κ1) is 17.3. The van der Waals surface area contributed by atoms with Crippen molar-refractivity contribution in [2.75, 3.05) is 13.2 Å². The smallest absolute Gasteiger partial charge is 0.262 e. The first-order chi connectivity index (χ1) is 12.2. The molecule has 25 heavy (non-hydrogen) atoms. The summed E-state index contributed by atoms with van der Waals surface area (Å²) in [6.45, 7) is 5.28. The number of nitrogens with zero attached hydrogens (tertiary/aromatic N) is 2. The summed E-state index contributed by atoms with van der Waals surface area (Å²) in [5, 5.41) is 10.6. The van der Waals surface area contributed by atoms with Gasteiger partial charge in [0.1, 0.15) is 5.69 Å². The first-order valence-electron chi connectivity index (χ1n) is 8.95. The summed E-state index contributed by atoms with van der Waals surface area (Å²) in [5.74, 6) is 1.31.